The molecule has 0 aliphatic carbocycles. The first-order valence-corrected chi connectivity index (χ1v) is 5.25. The zero-order valence-corrected chi connectivity index (χ0v) is 10.6. The van der Waals surface area contributed by atoms with E-state index in [9.17, 15) is 4.79 Å². The van der Waals surface area contributed by atoms with Gasteiger partial charge in [-0.25, -0.2) is 10.3 Å². The Labute approximate surface area is 101 Å². The summed E-state index contributed by atoms with van der Waals surface area (Å²) in [4.78, 5) is 18.4. The van der Waals surface area contributed by atoms with E-state index in [0.717, 1.165) is 11.3 Å². The molecule has 0 bridgehead atoms. The molecular formula is C12H18N2O3. The molecule has 0 aliphatic rings. The van der Waals surface area contributed by atoms with E-state index in [4.69, 9.17) is 4.84 Å². The molecule has 0 spiro atoms. The van der Waals surface area contributed by atoms with Gasteiger partial charge in [0.1, 0.15) is 0 Å². The van der Waals surface area contributed by atoms with Gasteiger partial charge in [0.25, 0.3) is 5.91 Å². The van der Waals surface area contributed by atoms with Crippen molar-refractivity contribution in [1.29, 1.82) is 0 Å². The number of amides is 1. The lowest BCUT2D eigenvalue weighted by molar-refractivity contribution is -0.0704. The third kappa shape index (κ3) is 3.72. The molecule has 5 heteroatoms. The van der Waals surface area contributed by atoms with Gasteiger partial charge in [0.05, 0.1) is 0 Å². The summed E-state index contributed by atoms with van der Waals surface area (Å²) < 4.78 is 4.66. The summed E-state index contributed by atoms with van der Waals surface area (Å²) in [7, 11) is 5.41. The van der Waals surface area contributed by atoms with Crippen molar-refractivity contribution in [3.63, 3.8) is 0 Å². The standard InChI is InChI=1S/C12H18N2O3/c1-9-7-10(5-6-11(9)14(2)3)12(15)13-17-8-16-4/h5-7H,8H2,1-4H3,(H,13,15). The maximum absolute atomic E-state index is 11.6. The normalized spacial score (nSPS) is 10.1. The average Bonchev–Trinajstić information content (AvgIpc) is 2.28. The summed E-state index contributed by atoms with van der Waals surface area (Å²) in [5.74, 6) is -0.282. The van der Waals surface area contributed by atoms with Crippen LogP contribution in [0.4, 0.5) is 5.69 Å². The van der Waals surface area contributed by atoms with E-state index in [-0.39, 0.29) is 12.7 Å². The van der Waals surface area contributed by atoms with Crippen molar-refractivity contribution in [3.05, 3.63) is 29.3 Å². The highest BCUT2D eigenvalue weighted by Crippen LogP contribution is 2.18. The lowest BCUT2D eigenvalue weighted by atomic mass is 10.1. The fourth-order valence-electron chi connectivity index (χ4n) is 1.51. The fraction of sp³-hybridized carbons (Fsp3) is 0.417. The number of ether oxygens (including phenoxy) is 1. The quantitative estimate of drug-likeness (QED) is 0.477. The minimum Gasteiger partial charge on any atom is -0.377 e. The van der Waals surface area contributed by atoms with E-state index in [1.54, 1.807) is 6.07 Å². The largest absolute Gasteiger partial charge is 0.377 e. The number of aryl methyl sites for hydroxylation is 1. The first-order chi connectivity index (χ1) is 8.06. The molecule has 1 rings (SSSR count). The van der Waals surface area contributed by atoms with Gasteiger partial charge in [-0.2, -0.15) is 0 Å². The van der Waals surface area contributed by atoms with Gasteiger partial charge in [0.2, 0.25) is 0 Å². The van der Waals surface area contributed by atoms with Crippen molar-refractivity contribution in [1.82, 2.24) is 5.48 Å². The summed E-state index contributed by atoms with van der Waals surface area (Å²) in [6.07, 6.45) is 0. The molecule has 1 N–H and O–H groups in total. The highest BCUT2D eigenvalue weighted by atomic mass is 16.8. The molecule has 0 unspecified atom stereocenters. The molecule has 1 aromatic rings. The molecule has 17 heavy (non-hydrogen) atoms. The molecule has 0 aliphatic heterocycles. The SMILES string of the molecule is COCONC(=O)c1ccc(N(C)C)c(C)c1. The number of hydroxylamine groups is 1. The van der Waals surface area contributed by atoms with Gasteiger partial charge in [0, 0.05) is 32.5 Å². The third-order valence-corrected chi connectivity index (χ3v) is 2.28. The van der Waals surface area contributed by atoms with Crippen LogP contribution in [0.25, 0.3) is 0 Å². The Kier molecular flexibility index (Phi) is 4.93. The van der Waals surface area contributed by atoms with Crippen LogP contribution in [0.15, 0.2) is 18.2 Å². The van der Waals surface area contributed by atoms with Gasteiger partial charge in [-0.3, -0.25) is 4.79 Å². The number of rotatable bonds is 5. The fourth-order valence-corrected chi connectivity index (χ4v) is 1.51. The topological polar surface area (TPSA) is 50.8 Å². The Bertz CT molecular complexity index is 391. The first-order valence-electron chi connectivity index (χ1n) is 5.25. The molecular weight excluding hydrogens is 220 g/mol. The minimum atomic E-state index is -0.282. The van der Waals surface area contributed by atoms with Crippen molar-refractivity contribution >= 4 is 11.6 Å². The van der Waals surface area contributed by atoms with Crippen LogP contribution in [0.1, 0.15) is 15.9 Å². The number of nitrogens with one attached hydrogen (secondary N) is 1. The smallest absolute Gasteiger partial charge is 0.274 e. The maximum atomic E-state index is 11.6. The summed E-state index contributed by atoms with van der Waals surface area (Å²) >= 11 is 0. The second-order valence-electron chi connectivity index (χ2n) is 3.88. The van der Waals surface area contributed by atoms with Gasteiger partial charge < -0.3 is 9.64 Å². The monoisotopic (exact) mass is 238 g/mol. The van der Waals surface area contributed by atoms with Crippen molar-refractivity contribution in [2.75, 3.05) is 32.9 Å². The Morgan fingerprint density at radius 2 is 2.12 bits per heavy atom. The van der Waals surface area contributed by atoms with Gasteiger partial charge in [-0.1, -0.05) is 0 Å². The second-order valence-corrected chi connectivity index (χ2v) is 3.88. The van der Waals surface area contributed by atoms with E-state index in [2.05, 4.69) is 10.2 Å². The van der Waals surface area contributed by atoms with Crippen LogP contribution < -0.4 is 10.4 Å². The molecule has 0 aromatic heterocycles. The van der Waals surface area contributed by atoms with E-state index in [0.29, 0.717) is 5.56 Å². The molecule has 94 valence electrons. The van der Waals surface area contributed by atoms with Gasteiger partial charge in [0.15, 0.2) is 6.79 Å². The van der Waals surface area contributed by atoms with Gasteiger partial charge in [-0.15, -0.1) is 0 Å². The molecule has 0 saturated heterocycles. The van der Waals surface area contributed by atoms with Gasteiger partial charge in [-0.05, 0) is 30.7 Å². The van der Waals surface area contributed by atoms with E-state index < -0.39 is 0 Å². The van der Waals surface area contributed by atoms with Crippen molar-refractivity contribution in [2.45, 2.75) is 6.92 Å². The van der Waals surface area contributed by atoms with Crippen molar-refractivity contribution in [3.8, 4) is 0 Å². The van der Waals surface area contributed by atoms with Crippen LogP contribution in [0.2, 0.25) is 0 Å². The lowest BCUT2D eigenvalue weighted by Gasteiger charge is -2.16. The number of carbonyl (C=O) groups excluding carboxylic acids is 1. The summed E-state index contributed by atoms with van der Waals surface area (Å²) in [5.41, 5.74) is 4.98. The number of benzene rings is 1. The Hall–Kier alpha value is -1.59. The average molecular weight is 238 g/mol. The van der Waals surface area contributed by atoms with E-state index in [1.165, 1.54) is 7.11 Å². The molecule has 5 nitrogen and oxygen atoms in total. The molecule has 0 atom stereocenters. The minimum absolute atomic E-state index is 0.0283. The van der Waals surface area contributed by atoms with Crippen LogP contribution in [0.5, 0.6) is 0 Å². The second kappa shape index (κ2) is 6.22. The first kappa shape index (κ1) is 13.5. The van der Waals surface area contributed by atoms with E-state index in [1.807, 2.05) is 38.1 Å². The predicted octanol–water partition coefficient (Wildman–Crippen LogP) is 1.33. The number of hydrogen-bond acceptors (Lipinski definition) is 4. The zero-order valence-electron chi connectivity index (χ0n) is 10.6. The summed E-state index contributed by atoms with van der Waals surface area (Å²) in [6, 6.07) is 5.48. The molecule has 1 aromatic carbocycles. The summed E-state index contributed by atoms with van der Waals surface area (Å²) in [6.45, 7) is 1.99. The van der Waals surface area contributed by atoms with Crippen LogP contribution >= 0.6 is 0 Å². The Balaban J connectivity index is 2.72. The predicted molar refractivity (Wildman–Crippen MR) is 65.9 cm³/mol. The van der Waals surface area contributed by atoms with Crippen LogP contribution in [-0.4, -0.2) is 33.9 Å². The molecule has 0 heterocycles. The number of hydrogen-bond donors (Lipinski definition) is 1. The maximum Gasteiger partial charge on any atom is 0.274 e. The third-order valence-electron chi connectivity index (χ3n) is 2.28. The Morgan fingerprint density at radius 3 is 2.65 bits per heavy atom. The number of methoxy groups -OCH3 is 1. The molecule has 0 saturated carbocycles. The highest BCUT2D eigenvalue weighted by Gasteiger charge is 2.08. The highest BCUT2D eigenvalue weighted by molar-refractivity contribution is 5.94. The number of anilines is 1. The van der Waals surface area contributed by atoms with Crippen molar-refractivity contribution in [2.24, 2.45) is 0 Å². The number of carbonyl (C=O) groups is 1. The van der Waals surface area contributed by atoms with Crippen LogP contribution in [-0.2, 0) is 9.57 Å². The Morgan fingerprint density at radius 1 is 1.41 bits per heavy atom. The zero-order chi connectivity index (χ0) is 12.8. The van der Waals surface area contributed by atoms with E-state index >= 15 is 0 Å². The van der Waals surface area contributed by atoms with Crippen LogP contribution in [0, 0.1) is 6.92 Å². The van der Waals surface area contributed by atoms with Crippen LogP contribution in [0.3, 0.4) is 0 Å². The molecule has 0 radical (unpaired) electrons. The van der Waals surface area contributed by atoms with Crippen molar-refractivity contribution < 1.29 is 14.4 Å². The number of nitrogens with zero attached hydrogens (tertiary/aromatic N) is 1. The molecule has 1 amide bonds. The lowest BCUT2D eigenvalue weighted by Crippen LogP contribution is -2.24. The summed E-state index contributed by atoms with van der Waals surface area (Å²) in [5, 5.41) is 0. The van der Waals surface area contributed by atoms with Gasteiger partial charge >= 0.3 is 0 Å². The molecule has 0 fully saturated rings.